The van der Waals surface area contributed by atoms with Gasteiger partial charge >= 0.3 is 0 Å². The molecule has 0 spiro atoms. The molecule has 8 heteroatoms. The molecular weight excluding hydrogens is 450 g/mol. The summed E-state index contributed by atoms with van der Waals surface area (Å²) >= 11 is 0. The van der Waals surface area contributed by atoms with Crippen molar-refractivity contribution in [3.63, 3.8) is 0 Å². The lowest BCUT2D eigenvalue weighted by atomic mass is 9.42. The van der Waals surface area contributed by atoms with Crippen molar-refractivity contribution in [3.8, 4) is 0 Å². The van der Waals surface area contributed by atoms with Crippen LogP contribution >= 0.6 is 0 Å². The number of aliphatic hydroxyl groups excluding tert-OH is 5. The first-order valence-electron chi connectivity index (χ1n) is 13.8. The second kappa shape index (κ2) is 8.87. The Morgan fingerprint density at radius 1 is 0.914 bits per heavy atom. The van der Waals surface area contributed by atoms with Gasteiger partial charge in [-0.25, -0.2) is 0 Å². The van der Waals surface area contributed by atoms with Crippen LogP contribution in [0.4, 0.5) is 0 Å². The van der Waals surface area contributed by atoms with Gasteiger partial charge in [0.15, 0.2) is 6.29 Å². The molecule has 1 aliphatic heterocycles. The number of aliphatic hydroxyl groups is 5. The fourth-order valence-electron chi connectivity index (χ4n) is 9.53. The van der Waals surface area contributed by atoms with Crippen LogP contribution in [0.3, 0.4) is 0 Å². The van der Waals surface area contributed by atoms with E-state index in [-0.39, 0.29) is 17.4 Å². The monoisotopic (exact) mass is 497 g/mol. The Bertz CT molecular complexity index is 797. The number of hydrogen-bond donors (Lipinski definition) is 6. The molecule has 0 aromatic carbocycles. The number of fused-ring (bicyclic) bond motifs is 5. The number of hydrogen-bond acceptors (Lipinski definition) is 8. The third-order valence-corrected chi connectivity index (χ3v) is 11.8. The molecule has 2 unspecified atom stereocenters. The first-order chi connectivity index (χ1) is 16.3. The van der Waals surface area contributed by atoms with E-state index in [1.807, 2.05) is 6.92 Å². The fraction of sp³-hybridized carbons (Fsp3) is 1.00. The van der Waals surface area contributed by atoms with Crippen molar-refractivity contribution in [2.24, 2.45) is 40.2 Å². The molecule has 1 saturated heterocycles. The van der Waals surface area contributed by atoms with E-state index < -0.39 is 53.9 Å². The molecule has 202 valence electrons. The van der Waals surface area contributed by atoms with E-state index in [2.05, 4.69) is 13.8 Å². The lowest BCUT2D eigenvalue weighted by Gasteiger charge is -2.65. The molecule has 4 aliphatic carbocycles. The van der Waals surface area contributed by atoms with Crippen molar-refractivity contribution in [1.29, 1.82) is 0 Å². The summed E-state index contributed by atoms with van der Waals surface area (Å²) in [5, 5.41) is 52.6. The lowest BCUT2D eigenvalue weighted by Crippen LogP contribution is -2.71. The molecule has 1 heterocycles. The third-order valence-electron chi connectivity index (χ3n) is 11.8. The van der Waals surface area contributed by atoms with Crippen LogP contribution < -0.4 is 5.73 Å². The molecule has 7 N–H and O–H groups in total. The van der Waals surface area contributed by atoms with E-state index in [0.717, 1.165) is 51.4 Å². The van der Waals surface area contributed by atoms with Gasteiger partial charge in [0.1, 0.15) is 18.3 Å². The topological polar surface area (TPSA) is 146 Å². The predicted octanol–water partition coefficient (Wildman–Crippen LogP) is 1.29. The van der Waals surface area contributed by atoms with Crippen molar-refractivity contribution in [1.82, 2.24) is 0 Å². The van der Waals surface area contributed by atoms with Gasteiger partial charge in [-0.15, -0.1) is 0 Å². The lowest BCUT2D eigenvalue weighted by molar-refractivity contribution is -0.310. The predicted molar refractivity (Wildman–Crippen MR) is 129 cm³/mol. The molecule has 0 radical (unpaired) electrons. The van der Waals surface area contributed by atoms with Gasteiger partial charge in [-0.05, 0) is 94.3 Å². The van der Waals surface area contributed by atoms with Crippen molar-refractivity contribution >= 4 is 0 Å². The Balaban J connectivity index is 1.31. The van der Waals surface area contributed by atoms with Crippen LogP contribution in [0, 0.1) is 34.5 Å². The van der Waals surface area contributed by atoms with Gasteiger partial charge in [-0.2, -0.15) is 0 Å². The van der Waals surface area contributed by atoms with E-state index in [0.29, 0.717) is 17.8 Å². The minimum Gasteiger partial charge on any atom is -0.393 e. The van der Waals surface area contributed by atoms with Crippen molar-refractivity contribution < 1.29 is 35.0 Å². The first kappa shape index (κ1) is 26.3. The number of ether oxygens (including phenoxy) is 2. The Morgan fingerprint density at radius 2 is 1.63 bits per heavy atom. The van der Waals surface area contributed by atoms with Crippen LogP contribution in [0.2, 0.25) is 0 Å². The largest absolute Gasteiger partial charge is 0.393 e. The molecule has 15 atom stereocenters. The summed E-state index contributed by atoms with van der Waals surface area (Å²) in [5.41, 5.74) is 6.39. The van der Waals surface area contributed by atoms with Crippen molar-refractivity contribution in [2.45, 2.75) is 134 Å². The SMILES string of the molecule is C[C@@H]1O[C@@H](O[C@@H]2CC[C@]3(C)C4C[C@H](O)[C@]5(C)[C@@H]([C@@H](C)O)CC[C@@]5(N)C4CC[C@H]3C2)[C@H](O)[C@H](O)[C@H]1O. The van der Waals surface area contributed by atoms with E-state index in [1.165, 1.54) is 0 Å². The van der Waals surface area contributed by atoms with Crippen LogP contribution in [-0.2, 0) is 9.47 Å². The summed E-state index contributed by atoms with van der Waals surface area (Å²) in [6.45, 7) is 8.01. The Hall–Kier alpha value is -0.320. The summed E-state index contributed by atoms with van der Waals surface area (Å²) < 4.78 is 11.9. The zero-order chi connectivity index (χ0) is 25.5. The normalized spacial score (nSPS) is 59.3. The van der Waals surface area contributed by atoms with E-state index in [1.54, 1.807) is 6.92 Å². The Morgan fingerprint density at radius 3 is 2.31 bits per heavy atom. The van der Waals surface area contributed by atoms with Crippen LogP contribution in [0.15, 0.2) is 0 Å². The van der Waals surface area contributed by atoms with Crippen LogP contribution in [0.5, 0.6) is 0 Å². The summed E-state index contributed by atoms with van der Waals surface area (Å²) in [6, 6.07) is 0. The smallest absolute Gasteiger partial charge is 0.186 e. The fourth-order valence-corrected chi connectivity index (χ4v) is 9.53. The summed E-state index contributed by atoms with van der Waals surface area (Å²) in [4.78, 5) is 0. The minimum atomic E-state index is -1.29. The first-order valence-corrected chi connectivity index (χ1v) is 13.8. The zero-order valence-electron chi connectivity index (χ0n) is 21.7. The minimum absolute atomic E-state index is 0.0243. The van der Waals surface area contributed by atoms with E-state index in [9.17, 15) is 25.5 Å². The maximum Gasteiger partial charge on any atom is 0.186 e. The van der Waals surface area contributed by atoms with Gasteiger partial charge in [0.05, 0.1) is 24.4 Å². The highest BCUT2D eigenvalue weighted by atomic mass is 16.7. The highest BCUT2D eigenvalue weighted by Gasteiger charge is 2.69. The van der Waals surface area contributed by atoms with E-state index >= 15 is 0 Å². The average molecular weight is 498 g/mol. The van der Waals surface area contributed by atoms with Gasteiger partial charge in [0, 0.05) is 11.0 Å². The molecule has 8 nitrogen and oxygen atoms in total. The second-order valence-electron chi connectivity index (χ2n) is 13.2. The molecule has 4 saturated carbocycles. The van der Waals surface area contributed by atoms with Crippen LogP contribution in [0.25, 0.3) is 0 Å². The van der Waals surface area contributed by atoms with Crippen molar-refractivity contribution in [3.05, 3.63) is 0 Å². The van der Waals surface area contributed by atoms with Gasteiger partial charge < -0.3 is 40.7 Å². The molecule has 0 aromatic heterocycles. The number of rotatable bonds is 3. The van der Waals surface area contributed by atoms with Gasteiger partial charge in [-0.1, -0.05) is 13.8 Å². The molecule has 0 bridgehead atoms. The van der Waals surface area contributed by atoms with Gasteiger partial charge in [0.25, 0.3) is 0 Å². The summed E-state index contributed by atoms with van der Waals surface area (Å²) in [7, 11) is 0. The summed E-state index contributed by atoms with van der Waals surface area (Å²) in [5.74, 6) is 1.11. The van der Waals surface area contributed by atoms with Crippen molar-refractivity contribution in [2.75, 3.05) is 0 Å². The van der Waals surface area contributed by atoms with Gasteiger partial charge in [-0.3, -0.25) is 0 Å². The van der Waals surface area contributed by atoms with Gasteiger partial charge in [0.2, 0.25) is 0 Å². The molecular formula is C27H47NO7. The molecule has 0 aromatic rings. The molecule has 35 heavy (non-hydrogen) atoms. The van der Waals surface area contributed by atoms with Crippen LogP contribution in [0.1, 0.15) is 79.1 Å². The average Bonchev–Trinajstić information content (AvgIpc) is 3.10. The maximum atomic E-state index is 11.5. The molecule has 5 rings (SSSR count). The van der Waals surface area contributed by atoms with Crippen LogP contribution in [-0.4, -0.2) is 80.1 Å². The Kier molecular flexibility index (Phi) is 6.66. The maximum absolute atomic E-state index is 11.5. The zero-order valence-corrected chi connectivity index (χ0v) is 21.7. The molecule has 0 amide bonds. The summed E-state index contributed by atoms with van der Waals surface area (Å²) in [6.07, 6.45) is 0.780. The highest BCUT2D eigenvalue weighted by Crippen LogP contribution is 2.68. The highest BCUT2D eigenvalue weighted by molar-refractivity contribution is 5.22. The Labute approximate surface area is 209 Å². The number of nitrogens with two attached hydrogens (primary N) is 1. The third kappa shape index (κ3) is 3.69. The second-order valence-corrected chi connectivity index (χ2v) is 13.2. The molecule has 5 fully saturated rings. The quantitative estimate of drug-likeness (QED) is 0.320. The standard InChI is InChI=1S/C27H47NO7/c1-13(29)17-8-10-27(28)18-6-5-15-11-16(35-24-23(33)22(32)21(31)14(2)34-24)7-9-25(15,3)19(18)12-20(30)26(17,27)4/h13-24,29-33H,5-12,28H2,1-4H3/t13-,14+,15+,16-,17-,18?,19?,20+,21+,22-,23-,24+,25+,26+,27-/m1/s1. The van der Waals surface area contributed by atoms with E-state index in [4.69, 9.17) is 15.2 Å². The molecule has 5 aliphatic rings.